The average Bonchev–Trinajstić information content (AvgIpc) is 3.32. The molecule has 1 amide bonds. The summed E-state index contributed by atoms with van der Waals surface area (Å²) in [6, 6.07) is 17.7. The molecule has 0 saturated heterocycles. The summed E-state index contributed by atoms with van der Waals surface area (Å²) in [4.78, 5) is 16.5. The van der Waals surface area contributed by atoms with E-state index in [1.165, 1.54) is 4.88 Å². The zero-order chi connectivity index (χ0) is 22.9. The first-order valence-electron chi connectivity index (χ1n) is 10.4. The van der Waals surface area contributed by atoms with Crippen molar-refractivity contribution in [2.45, 2.75) is 25.9 Å². The molecule has 3 rings (SSSR count). The van der Waals surface area contributed by atoms with Crippen molar-refractivity contribution >= 4 is 22.9 Å². The third kappa shape index (κ3) is 6.48. The fraction of sp³-hybridized carbons (Fsp3) is 0.320. The van der Waals surface area contributed by atoms with Crippen LogP contribution in [0.15, 0.2) is 60.0 Å². The molecule has 1 atom stereocenters. The van der Waals surface area contributed by atoms with Crippen molar-refractivity contribution in [2.75, 3.05) is 33.2 Å². The smallest absolute Gasteiger partial charge is 0.238 e. The lowest BCUT2D eigenvalue weighted by molar-refractivity contribution is -0.118. The number of methoxy groups -OCH3 is 3. The third-order valence-electron chi connectivity index (χ3n) is 5.27. The molecule has 0 aliphatic carbocycles. The number of anilines is 1. The largest absolute Gasteiger partial charge is 0.497 e. The van der Waals surface area contributed by atoms with Crippen molar-refractivity contribution in [3.8, 4) is 17.2 Å². The molecule has 0 radical (unpaired) electrons. The number of nitrogens with one attached hydrogen (secondary N) is 1. The van der Waals surface area contributed by atoms with Crippen molar-refractivity contribution < 1.29 is 19.0 Å². The molecule has 0 bridgehead atoms. The number of carbonyl (C=O) groups excluding carboxylic acids is 1. The second-order valence-electron chi connectivity index (χ2n) is 7.50. The number of benzene rings is 2. The van der Waals surface area contributed by atoms with Gasteiger partial charge in [0, 0.05) is 23.5 Å². The van der Waals surface area contributed by atoms with Crippen molar-refractivity contribution in [3.63, 3.8) is 0 Å². The van der Waals surface area contributed by atoms with Gasteiger partial charge in [0.15, 0.2) is 0 Å². The van der Waals surface area contributed by atoms with Crippen molar-refractivity contribution in [3.05, 3.63) is 70.4 Å². The van der Waals surface area contributed by atoms with Gasteiger partial charge in [-0.3, -0.25) is 9.69 Å². The van der Waals surface area contributed by atoms with Gasteiger partial charge < -0.3 is 19.5 Å². The van der Waals surface area contributed by atoms with E-state index in [4.69, 9.17) is 14.2 Å². The molecule has 0 saturated carbocycles. The molecule has 1 heterocycles. The Labute approximate surface area is 193 Å². The maximum Gasteiger partial charge on any atom is 0.238 e. The van der Waals surface area contributed by atoms with Gasteiger partial charge in [0.05, 0.1) is 33.6 Å². The first kappa shape index (κ1) is 23.6. The highest BCUT2D eigenvalue weighted by molar-refractivity contribution is 7.09. The number of carbonyl (C=O) groups is 1. The fourth-order valence-electron chi connectivity index (χ4n) is 3.46. The summed E-state index contributed by atoms with van der Waals surface area (Å²) >= 11 is 1.74. The lowest BCUT2D eigenvalue weighted by Crippen LogP contribution is -2.40. The SMILES string of the molecule is COc1ccc(CN(CC(=O)Nc2ccc(OC)cc2OC)C(C)Cc2cccs2)cc1. The van der Waals surface area contributed by atoms with E-state index in [0.29, 0.717) is 23.7 Å². The van der Waals surface area contributed by atoms with E-state index in [1.54, 1.807) is 50.9 Å². The number of hydrogen-bond donors (Lipinski definition) is 1. The molecule has 1 aromatic heterocycles. The Balaban J connectivity index is 1.73. The Morgan fingerprint density at radius 1 is 1.00 bits per heavy atom. The molecule has 7 heteroatoms. The average molecular weight is 455 g/mol. The maximum atomic E-state index is 13.0. The van der Waals surface area contributed by atoms with Crippen molar-refractivity contribution in [2.24, 2.45) is 0 Å². The van der Waals surface area contributed by atoms with E-state index in [0.717, 1.165) is 17.7 Å². The highest BCUT2D eigenvalue weighted by Crippen LogP contribution is 2.29. The quantitative estimate of drug-likeness (QED) is 0.449. The molecule has 1 N–H and O–H groups in total. The monoisotopic (exact) mass is 454 g/mol. The van der Waals surface area contributed by atoms with E-state index >= 15 is 0 Å². The predicted molar refractivity (Wildman–Crippen MR) is 129 cm³/mol. The lowest BCUT2D eigenvalue weighted by atomic mass is 10.1. The molecule has 2 aromatic carbocycles. The van der Waals surface area contributed by atoms with Crippen LogP contribution >= 0.6 is 11.3 Å². The minimum absolute atomic E-state index is 0.0972. The van der Waals surface area contributed by atoms with Gasteiger partial charge >= 0.3 is 0 Å². The number of ether oxygens (including phenoxy) is 3. The minimum Gasteiger partial charge on any atom is -0.497 e. The van der Waals surface area contributed by atoms with Crippen LogP contribution in [0.3, 0.4) is 0 Å². The second kappa shape index (κ2) is 11.5. The molecule has 0 spiro atoms. The molecule has 0 aliphatic heterocycles. The Morgan fingerprint density at radius 3 is 2.34 bits per heavy atom. The standard InChI is InChI=1S/C25H30N2O4S/c1-18(14-22-6-5-13-32-22)27(16-19-7-9-20(29-2)10-8-19)17-25(28)26-23-12-11-21(30-3)15-24(23)31-4/h5-13,15,18H,14,16-17H2,1-4H3,(H,26,28). The van der Waals surface area contributed by atoms with Crippen LogP contribution in [0.25, 0.3) is 0 Å². The zero-order valence-corrected chi connectivity index (χ0v) is 19.8. The van der Waals surface area contributed by atoms with Gasteiger partial charge in [0.2, 0.25) is 5.91 Å². The molecular formula is C25H30N2O4S. The lowest BCUT2D eigenvalue weighted by Gasteiger charge is -2.28. The normalized spacial score (nSPS) is 11.8. The highest BCUT2D eigenvalue weighted by atomic mass is 32.1. The van der Waals surface area contributed by atoms with Crippen LogP contribution in [0.1, 0.15) is 17.4 Å². The Kier molecular flexibility index (Phi) is 8.53. The van der Waals surface area contributed by atoms with Gasteiger partial charge in [-0.25, -0.2) is 0 Å². The van der Waals surface area contributed by atoms with Crippen LogP contribution < -0.4 is 19.5 Å². The number of nitrogens with zero attached hydrogens (tertiary/aromatic N) is 1. The van der Waals surface area contributed by atoms with Crippen LogP contribution in [0, 0.1) is 0 Å². The van der Waals surface area contributed by atoms with Gasteiger partial charge in [-0.2, -0.15) is 0 Å². The number of rotatable bonds is 11. The van der Waals surface area contributed by atoms with Gasteiger partial charge in [-0.1, -0.05) is 18.2 Å². The summed E-state index contributed by atoms with van der Waals surface area (Å²) in [5, 5.41) is 5.06. The predicted octanol–water partition coefficient (Wildman–Crippen LogP) is 4.85. The topological polar surface area (TPSA) is 60.0 Å². The van der Waals surface area contributed by atoms with Crippen molar-refractivity contribution in [1.82, 2.24) is 4.90 Å². The molecule has 0 aliphatic rings. The molecular weight excluding hydrogens is 424 g/mol. The summed E-state index contributed by atoms with van der Waals surface area (Å²) in [5.74, 6) is 1.95. The van der Waals surface area contributed by atoms with E-state index < -0.39 is 0 Å². The molecule has 0 fully saturated rings. The Hall–Kier alpha value is -3.03. The molecule has 6 nitrogen and oxygen atoms in total. The van der Waals surface area contributed by atoms with E-state index in [-0.39, 0.29) is 18.5 Å². The van der Waals surface area contributed by atoms with Gasteiger partial charge in [0.25, 0.3) is 0 Å². The van der Waals surface area contributed by atoms with E-state index in [2.05, 4.69) is 34.7 Å². The van der Waals surface area contributed by atoms with E-state index in [9.17, 15) is 4.79 Å². The van der Waals surface area contributed by atoms with Crippen LogP contribution in [-0.2, 0) is 17.8 Å². The van der Waals surface area contributed by atoms with Crippen LogP contribution in [-0.4, -0.2) is 44.7 Å². The van der Waals surface area contributed by atoms with Crippen molar-refractivity contribution in [1.29, 1.82) is 0 Å². The van der Waals surface area contributed by atoms with Crippen LogP contribution in [0.5, 0.6) is 17.2 Å². The van der Waals surface area contributed by atoms with Crippen LogP contribution in [0.4, 0.5) is 5.69 Å². The number of hydrogen-bond acceptors (Lipinski definition) is 6. The highest BCUT2D eigenvalue weighted by Gasteiger charge is 2.20. The molecule has 1 unspecified atom stereocenters. The van der Waals surface area contributed by atoms with E-state index in [1.807, 2.05) is 24.3 Å². The summed E-state index contributed by atoms with van der Waals surface area (Å²) in [5.41, 5.74) is 1.74. The Morgan fingerprint density at radius 2 is 1.72 bits per heavy atom. The molecule has 32 heavy (non-hydrogen) atoms. The maximum absolute atomic E-state index is 13.0. The fourth-order valence-corrected chi connectivity index (χ4v) is 4.28. The summed E-state index contributed by atoms with van der Waals surface area (Å²) in [6.07, 6.45) is 0.882. The van der Waals surface area contributed by atoms with Gasteiger partial charge in [0.1, 0.15) is 17.2 Å². The Bertz CT molecular complexity index is 990. The first-order chi connectivity index (χ1) is 15.5. The zero-order valence-electron chi connectivity index (χ0n) is 19.0. The van der Waals surface area contributed by atoms with Gasteiger partial charge in [-0.15, -0.1) is 11.3 Å². The molecule has 3 aromatic rings. The summed E-state index contributed by atoms with van der Waals surface area (Å²) < 4.78 is 15.9. The molecule has 170 valence electrons. The number of amides is 1. The first-order valence-corrected chi connectivity index (χ1v) is 11.3. The minimum atomic E-state index is -0.0972. The summed E-state index contributed by atoms with van der Waals surface area (Å²) in [7, 11) is 4.82. The third-order valence-corrected chi connectivity index (χ3v) is 6.17. The second-order valence-corrected chi connectivity index (χ2v) is 8.53. The van der Waals surface area contributed by atoms with Gasteiger partial charge in [-0.05, 0) is 54.6 Å². The number of thiophene rings is 1. The van der Waals surface area contributed by atoms with Crippen LogP contribution in [0.2, 0.25) is 0 Å². The summed E-state index contributed by atoms with van der Waals surface area (Å²) in [6.45, 7) is 3.07.